The number of rotatable bonds is 19. The molecule has 2 aromatic rings. The largest absolute Gasteiger partial charge is 0.497 e. The molecule has 2 atom stereocenters. The number of sulfone groups is 1. The minimum Gasteiger partial charge on any atom is -0.497 e. The first-order valence-corrected chi connectivity index (χ1v) is 16.5. The van der Waals surface area contributed by atoms with Gasteiger partial charge in [-0.15, -0.1) is 0 Å². The Bertz CT molecular complexity index is 1400. The normalized spacial score (nSPS) is 15.4. The van der Waals surface area contributed by atoms with Crippen LogP contribution in [0.25, 0.3) is 0 Å². The number of nitrogens with two attached hydrogens (primary N) is 2. The minimum atomic E-state index is -3.96. The first kappa shape index (κ1) is 35.6. The Morgan fingerprint density at radius 1 is 1.04 bits per heavy atom. The Balaban J connectivity index is 1.70. The fraction of sp³-hybridized carbons (Fsp3) is 0.484. The van der Waals surface area contributed by atoms with Gasteiger partial charge in [0.25, 0.3) is 0 Å². The second-order valence-corrected chi connectivity index (χ2v) is 12.7. The Morgan fingerprint density at radius 3 is 2.38 bits per heavy atom. The van der Waals surface area contributed by atoms with Crippen LogP contribution in [0.5, 0.6) is 5.75 Å². The molecular weight excluding hydrogens is 602 g/mol. The van der Waals surface area contributed by atoms with Crippen LogP contribution in [0, 0.1) is 11.3 Å². The highest BCUT2D eigenvalue weighted by Crippen LogP contribution is 2.26. The fourth-order valence-electron chi connectivity index (χ4n) is 5.06. The van der Waals surface area contributed by atoms with Crippen LogP contribution in [0.1, 0.15) is 43.2 Å². The lowest BCUT2D eigenvalue weighted by Gasteiger charge is -2.28. The molecule has 0 spiro atoms. The molecule has 2 amide bonds. The Hall–Kier alpha value is -3.85. The smallest absolute Gasteiger partial charge is 0.243 e. The topological polar surface area (TPSA) is 204 Å². The van der Waals surface area contributed by atoms with Crippen molar-refractivity contribution >= 4 is 33.3 Å². The molecule has 1 aliphatic rings. The van der Waals surface area contributed by atoms with E-state index in [9.17, 15) is 22.8 Å². The van der Waals surface area contributed by atoms with Gasteiger partial charge < -0.3 is 35.9 Å². The van der Waals surface area contributed by atoms with Gasteiger partial charge in [-0.25, -0.2) is 8.42 Å². The number of carbonyl (C=O) groups excluding carboxylic acids is 3. The number of nitrogens with zero attached hydrogens (tertiary/aromatic N) is 1. The fourth-order valence-corrected chi connectivity index (χ4v) is 6.59. The molecule has 2 aromatic carbocycles. The van der Waals surface area contributed by atoms with Gasteiger partial charge in [0.2, 0.25) is 11.8 Å². The lowest BCUT2D eigenvalue weighted by molar-refractivity contribution is -0.142. The van der Waals surface area contributed by atoms with E-state index in [1.165, 1.54) is 36.3 Å². The van der Waals surface area contributed by atoms with Crippen LogP contribution < -0.4 is 21.5 Å². The predicted molar refractivity (Wildman–Crippen MR) is 167 cm³/mol. The lowest BCUT2D eigenvalue weighted by Crippen LogP contribution is -2.49. The maximum absolute atomic E-state index is 13.9. The molecule has 0 radical (unpaired) electrons. The molecule has 0 aliphatic carbocycles. The molecule has 1 aliphatic heterocycles. The average molecular weight is 646 g/mol. The van der Waals surface area contributed by atoms with Crippen LogP contribution in [0.15, 0.2) is 53.4 Å². The molecule has 6 N–H and O–H groups in total. The van der Waals surface area contributed by atoms with Crippen molar-refractivity contribution in [2.75, 3.05) is 46.0 Å². The second kappa shape index (κ2) is 17.6. The van der Waals surface area contributed by atoms with Crippen LogP contribution in [0.3, 0.4) is 0 Å². The van der Waals surface area contributed by atoms with Gasteiger partial charge in [-0.2, -0.15) is 0 Å². The number of likely N-dealkylation sites (tertiary alicyclic amines) is 1. The van der Waals surface area contributed by atoms with Gasteiger partial charge in [-0.3, -0.25) is 19.8 Å². The highest BCUT2D eigenvalue weighted by Gasteiger charge is 2.39. The van der Waals surface area contributed by atoms with Gasteiger partial charge in [0.1, 0.15) is 23.4 Å². The minimum absolute atomic E-state index is 0.00755. The van der Waals surface area contributed by atoms with E-state index < -0.39 is 33.5 Å². The van der Waals surface area contributed by atoms with Crippen molar-refractivity contribution < 1.29 is 37.0 Å². The van der Waals surface area contributed by atoms with E-state index >= 15 is 0 Å². The molecule has 3 rings (SSSR count). The molecule has 14 heteroatoms. The zero-order valence-corrected chi connectivity index (χ0v) is 26.4. The third-order valence-corrected chi connectivity index (χ3v) is 9.30. The quantitative estimate of drug-likeness (QED) is 0.0747. The number of hydrogen-bond acceptors (Lipinski definition) is 10. The summed E-state index contributed by atoms with van der Waals surface area (Å²) < 4.78 is 42.3. The number of methoxy groups -OCH3 is 1. The van der Waals surface area contributed by atoms with Crippen LogP contribution in [-0.2, 0) is 40.2 Å². The van der Waals surface area contributed by atoms with Crippen molar-refractivity contribution in [1.29, 1.82) is 5.41 Å². The maximum Gasteiger partial charge on any atom is 0.243 e. The van der Waals surface area contributed by atoms with E-state index in [0.29, 0.717) is 50.4 Å². The molecule has 45 heavy (non-hydrogen) atoms. The van der Waals surface area contributed by atoms with E-state index in [-0.39, 0.29) is 55.1 Å². The van der Waals surface area contributed by atoms with Crippen LogP contribution in [0.4, 0.5) is 0 Å². The molecule has 0 aromatic heterocycles. The second-order valence-electron chi connectivity index (χ2n) is 10.7. The molecule has 13 nitrogen and oxygen atoms in total. The standard InChI is InChI=1S/C31H43N5O8S/c1-42-26-10-12-27(13-11-26)45(40,41)20-24(18-25(37)4-3-15-43-16-17-44-21-32)31(39)36-14-2-5-28(36)30(38)35-19-22-6-8-23(9-7-22)29(33)34/h6-13,24,28H,2-5,14-21,32H2,1H3,(H3,33,34)(H,35,38). The average Bonchev–Trinajstić information content (AvgIpc) is 3.53. The van der Waals surface area contributed by atoms with Gasteiger partial charge in [0.05, 0.1) is 43.6 Å². The number of benzene rings is 2. The lowest BCUT2D eigenvalue weighted by atomic mass is 9.99. The number of ether oxygens (including phenoxy) is 3. The third-order valence-electron chi connectivity index (χ3n) is 7.47. The van der Waals surface area contributed by atoms with E-state index in [4.69, 9.17) is 31.1 Å². The number of carbonyl (C=O) groups is 3. The molecule has 246 valence electrons. The number of hydrogen-bond donors (Lipinski definition) is 4. The van der Waals surface area contributed by atoms with E-state index in [1.54, 1.807) is 24.3 Å². The van der Waals surface area contributed by atoms with Crippen molar-refractivity contribution in [2.24, 2.45) is 17.4 Å². The summed E-state index contributed by atoms with van der Waals surface area (Å²) in [7, 11) is -2.50. The molecule has 0 saturated carbocycles. The maximum atomic E-state index is 13.9. The Morgan fingerprint density at radius 2 is 1.73 bits per heavy atom. The van der Waals surface area contributed by atoms with E-state index in [2.05, 4.69) is 5.32 Å². The van der Waals surface area contributed by atoms with Crippen molar-refractivity contribution in [2.45, 2.75) is 49.6 Å². The summed E-state index contributed by atoms with van der Waals surface area (Å²) in [4.78, 5) is 41.5. The summed E-state index contributed by atoms with van der Waals surface area (Å²) in [6.45, 7) is 1.52. The zero-order valence-electron chi connectivity index (χ0n) is 25.5. The van der Waals surface area contributed by atoms with Crippen molar-refractivity contribution in [3.63, 3.8) is 0 Å². The molecule has 1 saturated heterocycles. The third kappa shape index (κ3) is 10.9. The van der Waals surface area contributed by atoms with Gasteiger partial charge in [0.15, 0.2) is 9.84 Å². The van der Waals surface area contributed by atoms with Gasteiger partial charge >= 0.3 is 0 Å². The molecular formula is C31H43N5O8S. The molecule has 1 heterocycles. The highest BCUT2D eigenvalue weighted by atomic mass is 32.2. The molecule has 2 unspecified atom stereocenters. The summed E-state index contributed by atoms with van der Waals surface area (Å²) in [5.41, 5.74) is 12.1. The number of amides is 2. The van der Waals surface area contributed by atoms with E-state index in [0.717, 1.165) is 5.56 Å². The van der Waals surface area contributed by atoms with Crippen molar-refractivity contribution in [1.82, 2.24) is 10.2 Å². The predicted octanol–water partition coefficient (Wildman–Crippen LogP) is 1.37. The Labute approximate surface area is 264 Å². The number of Topliss-reactive ketones (excluding diaryl/α,β-unsaturated/α-hetero) is 1. The number of amidine groups is 1. The number of nitrogen functional groups attached to an aromatic ring is 1. The van der Waals surface area contributed by atoms with Crippen LogP contribution >= 0.6 is 0 Å². The SMILES string of the molecule is COc1ccc(S(=O)(=O)CC(CC(=O)CCCOCCOCN)C(=O)N2CCCC2C(=O)NCc2ccc(C(=N)N)cc2)cc1. The first-order chi connectivity index (χ1) is 21.6. The molecule has 0 bridgehead atoms. The first-order valence-electron chi connectivity index (χ1n) is 14.8. The molecule has 1 fully saturated rings. The number of nitrogens with one attached hydrogen (secondary N) is 2. The van der Waals surface area contributed by atoms with Gasteiger partial charge in [-0.1, -0.05) is 24.3 Å². The van der Waals surface area contributed by atoms with Crippen molar-refractivity contribution in [3.05, 3.63) is 59.7 Å². The van der Waals surface area contributed by atoms with Crippen LogP contribution in [-0.4, -0.2) is 88.8 Å². The Kier molecular flexibility index (Phi) is 13.9. The summed E-state index contributed by atoms with van der Waals surface area (Å²) in [5, 5.41) is 10.4. The summed E-state index contributed by atoms with van der Waals surface area (Å²) >= 11 is 0. The summed E-state index contributed by atoms with van der Waals surface area (Å²) in [6.07, 6.45) is 1.20. The monoisotopic (exact) mass is 645 g/mol. The number of ketones is 1. The van der Waals surface area contributed by atoms with Gasteiger partial charge in [0, 0.05) is 38.1 Å². The summed E-state index contributed by atoms with van der Waals surface area (Å²) in [5.74, 6) is -2.51. The van der Waals surface area contributed by atoms with Crippen molar-refractivity contribution in [3.8, 4) is 5.75 Å². The van der Waals surface area contributed by atoms with Gasteiger partial charge in [-0.05, 0) is 49.1 Å². The summed E-state index contributed by atoms with van der Waals surface area (Å²) in [6, 6.07) is 11.9. The highest BCUT2D eigenvalue weighted by molar-refractivity contribution is 7.91. The van der Waals surface area contributed by atoms with Crippen LogP contribution in [0.2, 0.25) is 0 Å². The zero-order chi connectivity index (χ0) is 32.8. The van der Waals surface area contributed by atoms with E-state index in [1.807, 2.05) is 0 Å².